The van der Waals surface area contributed by atoms with Crippen LogP contribution in [0.2, 0.25) is 0 Å². The van der Waals surface area contributed by atoms with Gasteiger partial charge >= 0.3 is 0 Å². The number of nitrogens with one attached hydrogen (secondary N) is 1. The Bertz CT molecular complexity index is 1720. The number of rotatable bonds is 7. The second-order valence-corrected chi connectivity index (χ2v) is 14.3. The molecule has 12 heteroatoms. The molecule has 0 radical (unpaired) electrons. The lowest BCUT2D eigenvalue weighted by Gasteiger charge is -2.47. The molecule has 0 atom stereocenters. The van der Waals surface area contributed by atoms with E-state index >= 15 is 0 Å². The van der Waals surface area contributed by atoms with Crippen LogP contribution in [-0.2, 0) is 26.6 Å². The van der Waals surface area contributed by atoms with Gasteiger partial charge in [0.2, 0.25) is 0 Å². The summed E-state index contributed by atoms with van der Waals surface area (Å²) in [6.45, 7) is 4.65. The number of carbonyl (C=O) groups excluding carboxylic acids is 1. The molecule has 1 aromatic heterocycles. The fraction of sp³-hybridized carbons (Fsp3) is 0.484. The lowest BCUT2D eigenvalue weighted by molar-refractivity contribution is 0.000313. The zero-order chi connectivity index (χ0) is 29.6. The number of nitrogens with zero attached hydrogens (tertiary/aromatic N) is 3. The molecule has 1 amide bonds. The molecule has 226 valence electrons. The van der Waals surface area contributed by atoms with Gasteiger partial charge in [0.05, 0.1) is 20.8 Å². The van der Waals surface area contributed by atoms with Crippen LogP contribution in [0, 0.1) is 5.41 Å². The molecule has 3 saturated heterocycles. The van der Waals surface area contributed by atoms with Crippen LogP contribution in [0.15, 0.2) is 39.8 Å². The topological polar surface area (TPSA) is 123 Å². The first-order chi connectivity index (χ1) is 20.7. The van der Waals surface area contributed by atoms with Crippen molar-refractivity contribution in [3.8, 4) is 22.8 Å². The van der Waals surface area contributed by atoms with Crippen LogP contribution in [0.4, 0.5) is 11.5 Å². The molecular formula is C31H34N4O7S. The number of hydrogen-bond acceptors (Lipinski definition) is 9. The van der Waals surface area contributed by atoms with E-state index in [4.69, 9.17) is 18.7 Å². The average Bonchev–Trinajstić information content (AvgIpc) is 3.35. The fourth-order valence-electron chi connectivity index (χ4n) is 7.18. The van der Waals surface area contributed by atoms with Crippen molar-refractivity contribution >= 4 is 27.4 Å². The van der Waals surface area contributed by atoms with E-state index in [2.05, 4.69) is 33.0 Å². The van der Waals surface area contributed by atoms with Crippen molar-refractivity contribution in [2.45, 2.75) is 42.4 Å². The van der Waals surface area contributed by atoms with Crippen LogP contribution < -0.4 is 19.1 Å². The zero-order valence-electron chi connectivity index (χ0n) is 24.3. The van der Waals surface area contributed by atoms with E-state index < -0.39 is 10.0 Å². The van der Waals surface area contributed by atoms with Crippen molar-refractivity contribution < 1.29 is 31.9 Å². The first-order valence-electron chi connectivity index (χ1n) is 14.8. The van der Waals surface area contributed by atoms with E-state index in [1.54, 1.807) is 4.90 Å². The minimum atomic E-state index is -4.26. The van der Waals surface area contributed by atoms with Gasteiger partial charge in [-0.2, -0.15) is 0 Å². The van der Waals surface area contributed by atoms with E-state index in [9.17, 15) is 13.2 Å². The van der Waals surface area contributed by atoms with Crippen molar-refractivity contribution in [1.29, 1.82) is 0 Å². The highest BCUT2D eigenvalue weighted by Crippen LogP contribution is 2.59. The largest absolute Gasteiger partial charge is 0.495 e. The summed E-state index contributed by atoms with van der Waals surface area (Å²) >= 11 is 0. The van der Waals surface area contributed by atoms with Crippen LogP contribution in [-0.4, -0.2) is 78.0 Å². The number of aromatic nitrogens is 1. The third kappa shape index (κ3) is 4.13. The number of fused-ring (bicyclic) bond motifs is 4. The summed E-state index contributed by atoms with van der Waals surface area (Å²) in [5.74, 6) is 0.579. The molecule has 0 bridgehead atoms. The number of hydrogen-bond donors (Lipinski definition) is 1. The zero-order valence-corrected chi connectivity index (χ0v) is 25.1. The van der Waals surface area contributed by atoms with Crippen LogP contribution in [0.5, 0.6) is 11.5 Å². The first kappa shape index (κ1) is 26.8. The predicted octanol–water partition coefficient (Wildman–Crippen LogP) is 3.82. The molecule has 4 heterocycles. The summed E-state index contributed by atoms with van der Waals surface area (Å²) in [5, 5.41) is 4.21. The van der Waals surface area contributed by atoms with Crippen molar-refractivity contribution in [3.63, 3.8) is 0 Å². The highest BCUT2D eigenvalue weighted by Gasteiger charge is 2.51. The van der Waals surface area contributed by atoms with Crippen molar-refractivity contribution in [2.75, 3.05) is 63.2 Å². The Labute approximate surface area is 250 Å². The van der Waals surface area contributed by atoms with Gasteiger partial charge in [0.1, 0.15) is 11.5 Å². The van der Waals surface area contributed by atoms with Crippen LogP contribution in [0.1, 0.15) is 47.2 Å². The SMILES string of the molecule is COc1cc(C(=O)N2CC3(CCOC3)C2)cc(OC)c1S(=O)(=O)Nc1noc2c1CC1(CC1)c1ccc(N3CCC3)cc1-2. The molecule has 2 aliphatic carbocycles. The Morgan fingerprint density at radius 2 is 1.79 bits per heavy atom. The van der Waals surface area contributed by atoms with Gasteiger partial charge < -0.3 is 28.5 Å². The van der Waals surface area contributed by atoms with Gasteiger partial charge in [-0.05, 0) is 61.9 Å². The molecule has 11 nitrogen and oxygen atoms in total. The van der Waals surface area contributed by atoms with E-state index in [0.717, 1.165) is 49.2 Å². The van der Waals surface area contributed by atoms with E-state index in [0.29, 0.717) is 44.0 Å². The number of likely N-dealkylation sites (tertiary alicyclic amines) is 1. The molecule has 8 rings (SSSR count). The van der Waals surface area contributed by atoms with Gasteiger partial charge in [0, 0.05) is 66.0 Å². The summed E-state index contributed by atoms with van der Waals surface area (Å²) in [7, 11) is -1.51. The van der Waals surface area contributed by atoms with Crippen LogP contribution >= 0.6 is 0 Å². The van der Waals surface area contributed by atoms with E-state index in [1.165, 1.54) is 38.3 Å². The molecule has 5 aliphatic rings. The number of amides is 1. The molecule has 1 N–H and O–H groups in total. The number of carbonyl (C=O) groups is 1. The highest BCUT2D eigenvalue weighted by molar-refractivity contribution is 7.93. The Morgan fingerprint density at radius 3 is 2.40 bits per heavy atom. The fourth-order valence-corrected chi connectivity index (χ4v) is 8.52. The predicted molar refractivity (Wildman–Crippen MR) is 158 cm³/mol. The molecule has 3 aromatic rings. The van der Waals surface area contributed by atoms with Crippen molar-refractivity contribution in [2.24, 2.45) is 5.41 Å². The number of ether oxygens (including phenoxy) is 3. The van der Waals surface area contributed by atoms with Crippen molar-refractivity contribution in [1.82, 2.24) is 10.1 Å². The normalized spacial score (nSPS) is 20.7. The lowest BCUT2D eigenvalue weighted by Crippen LogP contribution is -2.58. The number of sulfonamides is 1. The van der Waals surface area contributed by atoms with Gasteiger partial charge in [0.25, 0.3) is 15.9 Å². The van der Waals surface area contributed by atoms with Gasteiger partial charge in [-0.15, -0.1) is 0 Å². The molecule has 3 aliphatic heterocycles. The summed E-state index contributed by atoms with van der Waals surface area (Å²) in [6, 6.07) is 9.45. The minimum absolute atomic E-state index is 0.00944. The van der Waals surface area contributed by atoms with Crippen molar-refractivity contribution in [3.05, 3.63) is 47.0 Å². The Kier molecular flexibility index (Phi) is 5.84. The summed E-state index contributed by atoms with van der Waals surface area (Å²) in [6.07, 6.45) is 4.81. The number of benzene rings is 2. The Morgan fingerprint density at radius 1 is 1.05 bits per heavy atom. The minimum Gasteiger partial charge on any atom is -0.495 e. The summed E-state index contributed by atoms with van der Waals surface area (Å²) in [5.41, 5.74) is 4.42. The van der Waals surface area contributed by atoms with E-state index in [1.807, 2.05) is 0 Å². The first-order valence-corrected chi connectivity index (χ1v) is 16.3. The Balaban J connectivity index is 1.11. The van der Waals surface area contributed by atoms with Gasteiger partial charge in [-0.3, -0.25) is 9.52 Å². The van der Waals surface area contributed by atoms with E-state index in [-0.39, 0.29) is 38.9 Å². The molecule has 1 saturated carbocycles. The molecule has 2 aromatic carbocycles. The maximum absolute atomic E-state index is 13.9. The monoisotopic (exact) mass is 606 g/mol. The molecule has 43 heavy (non-hydrogen) atoms. The summed E-state index contributed by atoms with van der Waals surface area (Å²) < 4.78 is 53.0. The molecule has 2 spiro atoms. The maximum Gasteiger partial charge on any atom is 0.270 e. The second kappa shape index (κ2) is 9.36. The highest BCUT2D eigenvalue weighted by atomic mass is 32.2. The van der Waals surface area contributed by atoms with Gasteiger partial charge in [0.15, 0.2) is 16.5 Å². The van der Waals surface area contributed by atoms with Gasteiger partial charge in [-0.1, -0.05) is 11.2 Å². The lowest BCUT2D eigenvalue weighted by atomic mass is 9.79. The maximum atomic E-state index is 13.9. The number of anilines is 2. The number of methoxy groups -OCH3 is 2. The molecule has 0 unspecified atom stereocenters. The summed E-state index contributed by atoms with van der Waals surface area (Å²) in [4.78, 5) is 17.2. The standard InChI is InChI=1S/C31H34N4O7S/c1-39-24-12-19(29(36)35-16-30(17-35)8-11-41-18-30)13-25(40-2)27(24)43(37,38)33-28-22-15-31(6-7-31)23-5-4-20(34-9-3-10-34)14-21(23)26(22)42-32-28/h4-5,12-14H,3,6-11,15-18H2,1-2H3,(H,32,33). The third-order valence-corrected chi connectivity index (χ3v) is 11.3. The molecule has 4 fully saturated rings. The Hall–Kier alpha value is -3.77. The van der Waals surface area contributed by atoms with Gasteiger partial charge in [-0.25, -0.2) is 8.42 Å². The average molecular weight is 607 g/mol. The van der Waals surface area contributed by atoms with Crippen LogP contribution in [0.25, 0.3) is 11.3 Å². The third-order valence-electron chi connectivity index (χ3n) is 9.93. The molecular weight excluding hydrogens is 572 g/mol. The second-order valence-electron chi connectivity index (χ2n) is 12.6. The smallest absolute Gasteiger partial charge is 0.270 e. The quantitative estimate of drug-likeness (QED) is 0.428. The van der Waals surface area contributed by atoms with Crippen LogP contribution in [0.3, 0.4) is 0 Å².